The van der Waals surface area contributed by atoms with E-state index in [9.17, 15) is 9.50 Å². The van der Waals surface area contributed by atoms with Gasteiger partial charge in [0.1, 0.15) is 11.6 Å². The molecule has 0 radical (unpaired) electrons. The van der Waals surface area contributed by atoms with Crippen molar-refractivity contribution in [1.82, 2.24) is 0 Å². The van der Waals surface area contributed by atoms with Gasteiger partial charge in [-0.25, -0.2) is 4.39 Å². The molecule has 1 atom stereocenters. The second-order valence-electron chi connectivity index (χ2n) is 3.91. The Hall–Kier alpha value is -0.800. The van der Waals surface area contributed by atoms with Gasteiger partial charge in [0.25, 0.3) is 0 Å². The maximum Gasteiger partial charge on any atom is 0.142 e. The average molecular weight is 232 g/mol. The molecule has 0 aliphatic carbocycles. The maximum absolute atomic E-state index is 13.2. The Kier molecular flexibility index (Phi) is 3.94. The summed E-state index contributed by atoms with van der Waals surface area (Å²) in [5.74, 6) is -0.340. The van der Waals surface area contributed by atoms with Crippen molar-refractivity contribution in [2.75, 3.05) is 6.54 Å². The predicted molar refractivity (Wildman–Crippen MR) is 59.7 cm³/mol. The summed E-state index contributed by atoms with van der Waals surface area (Å²) in [7, 11) is 0. The Labute approximate surface area is 93.9 Å². The SMILES string of the molecule is CC(C)C(CN)c1cc(F)c(Cl)cc1O. The molecule has 2 nitrogen and oxygen atoms in total. The first kappa shape index (κ1) is 12.3. The smallest absolute Gasteiger partial charge is 0.142 e. The van der Waals surface area contributed by atoms with E-state index in [1.54, 1.807) is 0 Å². The van der Waals surface area contributed by atoms with Crippen LogP contribution in [0.25, 0.3) is 0 Å². The molecule has 0 saturated heterocycles. The molecular weight excluding hydrogens is 217 g/mol. The first-order valence-corrected chi connectivity index (χ1v) is 5.23. The summed E-state index contributed by atoms with van der Waals surface area (Å²) < 4.78 is 13.2. The van der Waals surface area contributed by atoms with Crippen molar-refractivity contribution in [3.63, 3.8) is 0 Å². The molecule has 0 bridgehead atoms. The highest BCUT2D eigenvalue weighted by molar-refractivity contribution is 6.30. The van der Waals surface area contributed by atoms with Crippen molar-refractivity contribution < 1.29 is 9.50 Å². The predicted octanol–water partition coefficient (Wildman–Crippen LogP) is 2.88. The van der Waals surface area contributed by atoms with Crippen LogP contribution in [0.2, 0.25) is 5.02 Å². The molecule has 15 heavy (non-hydrogen) atoms. The lowest BCUT2D eigenvalue weighted by atomic mass is 9.88. The Bertz CT molecular complexity index is 355. The molecule has 1 rings (SSSR count). The van der Waals surface area contributed by atoms with E-state index in [0.29, 0.717) is 12.1 Å². The van der Waals surface area contributed by atoms with Crippen molar-refractivity contribution in [2.45, 2.75) is 19.8 Å². The van der Waals surface area contributed by atoms with Gasteiger partial charge in [-0.05, 0) is 18.5 Å². The summed E-state index contributed by atoms with van der Waals surface area (Å²) in [6.45, 7) is 4.32. The monoisotopic (exact) mass is 231 g/mol. The fraction of sp³-hybridized carbons (Fsp3) is 0.455. The number of phenolic OH excluding ortho intramolecular Hbond substituents is 1. The van der Waals surface area contributed by atoms with Gasteiger partial charge in [-0.15, -0.1) is 0 Å². The first-order valence-electron chi connectivity index (χ1n) is 4.85. The lowest BCUT2D eigenvalue weighted by molar-refractivity contribution is 0.434. The molecule has 1 unspecified atom stereocenters. The molecule has 0 aliphatic heterocycles. The second-order valence-corrected chi connectivity index (χ2v) is 4.32. The molecule has 4 heteroatoms. The van der Waals surface area contributed by atoms with Crippen molar-refractivity contribution in [3.05, 3.63) is 28.5 Å². The summed E-state index contributed by atoms with van der Waals surface area (Å²) in [5, 5.41) is 9.59. The molecule has 0 aliphatic rings. The van der Waals surface area contributed by atoms with Crippen LogP contribution >= 0.6 is 11.6 Å². The first-order chi connectivity index (χ1) is 6.97. The van der Waals surface area contributed by atoms with Crippen molar-refractivity contribution in [2.24, 2.45) is 11.7 Å². The van der Waals surface area contributed by atoms with Gasteiger partial charge in [-0.1, -0.05) is 25.4 Å². The highest BCUT2D eigenvalue weighted by Crippen LogP contribution is 2.33. The minimum absolute atomic E-state index is 0.00514. The van der Waals surface area contributed by atoms with Crippen LogP contribution in [0, 0.1) is 11.7 Å². The van der Waals surface area contributed by atoms with Crippen LogP contribution in [0.4, 0.5) is 4.39 Å². The van der Waals surface area contributed by atoms with Crippen LogP contribution in [0.1, 0.15) is 25.3 Å². The molecule has 0 aromatic heterocycles. The number of rotatable bonds is 3. The molecular formula is C11H15ClFNO. The fourth-order valence-electron chi connectivity index (χ4n) is 1.61. The number of halogens is 2. The van der Waals surface area contributed by atoms with E-state index in [1.807, 2.05) is 13.8 Å². The van der Waals surface area contributed by atoms with Crippen LogP contribution in [-0.4, -0.2) is 11.7 Å². The summed E-state index contributed by atoms with van der Waals surface area (Å²) in [6, 6.07) is 2.48. The average Bonchev–Trinajstić information content (AvgIpc) is 2.14. The highest BCUT2D eigenvalue weighted by atomic mass is 35.5. The zero-order valence-corrected chi connectivity index (χ0v) is 9.55. The zero-order valence-electron chi connectivity index (χ0n) is 8.80. The van der Waals surface area contributed by atoms with Gasteiger partial charge in [0, 0.05) is 17.5 Å². The van der Waals surface area contributed by atoms with Crippen LogP contribution in [0.5, 0.6) is 5.75 Å². The van der Waals surface area contributed by atoms with E-state index in [0.717, 1.165) is 0 Å². The van der Waals surface area contributed by atoms with Crippen LogP contribution in [0.15, 0.2) is 12.1 Å². The van der Waals surface area contributed by atoms with E-state index in [-0.39, 0.29) is 22.6 Å². The molecule has 3 N–H and O–H groups in total. The van der Waals surface area contributed by atoms with Gasteiger partial charge in [-0.2, -0.15) is 0 Å². The lowest BCUT2D eigenvalue weighted by Gasteiger charge is -2.20. The third kappa shape index (κ3) is 2.61. The van der Waals surface area contributed by atoms with Gasteiger partial charge in [0.15, 0.2) is 0 Å². The minimum Gasteiger partial charge on any atom is -0.508 e. The molecule has 84 valence electrons. The second kappa shape index (κ2) is 4.81. The molecule has 0 saturated carbocycles. The van der Waals surface area contributed by atoms with Gasteiger partial charge < -0.3 is 10.8 Å². The van der Waals surface area contributed by atoms with E-state index >= 15 is 0 Å². The molecule has 1 aromatic carbocycles. The number of hydrogen-bond acceptors (Lipinski definition) is 2. The van der Waals surface area contributed by atoms with Crippen LogP contribution < -0.4 is 5.73 Å². The Morgan fingerprint density at radius 1 is 1.47 bits per heavy atom. The number of benzene rings is 1. The maximum atomic E-state index is 13.2. The Morgan fingerprint density at radius 2 is 2.07 bits per heavy atom. The van der Waals surface area contributed by atoms with Crippen LogP contribution in [-0.2, 0) is 0 Å². The molecule has 0 heterocycles. The number of nitrogens with two attached hydrogens (primary N) is 1. The quantitative estimate of drug-likeness (QED) is 0.840. The van der Waals surface area contributed by atoms with Crippen molar-refractivity contribution in [3.8, 4) is 5.75 Å². The van der Waals surface area contributed by atoms with Crippen LogP contribution in [0.3, 0.4) is 0 Å². The highest BCUT2D eigenvalue weighted by Gasteiger charge is 2.19. The zero-order chi connectivity index (χ0) is 11.6. The third-order valence-corrected chi connectivity index (χ3v) is 2.82. The van der Waals surface area contributed by atoms with Crippen molar-refractivity contribution in [1.29, 1.82) is 0 Å². The number of aromatic hydroxyl groups is 1. The largest absolute Gasteiger partial charge is 0.508 e. The molecule has 0 amide bonds. The minimum atomic E-state index is -0.524. The van der Waals surface area contributed by atoms with E-state index in [2.05, 4.69) is 0 Å². The Morgan fingerprint density at radius 3 is 2.53 bits per heavy atom. The molecule has 0 spiro atoms. The number of hydrogen-bond donors (Lipinski definition) is 2. The summed E-state index contributed by atoms with van der Waals surface area (Å²) in [6.07, 6.45) is 0. The van der Waals surface area contributed by atoms with E-state index in [1.165, 1.54) is 12.1 Å². The third-order valence-electron chi connectivity index (χ3n) is 2.53. The van der Waals surface area contributed by atoms with Gasteiger partial charge in [0.2, 0.25) is 0 Å². The van der Waals surface area contributed by atoms with E-state index in [4.69, 9.17) is 17.3 Å². The standard InChI is InChI=1S/C11H15ClFNO/c1-6(2)8(5-14)7-3-10(13)9(12)4-11(7)15/h3-4,6,8,15H,5,14H2,1-2H3. The normalized spacial score (nSPS) is 13.2. The van der Waals surface area contributed by atoms with E-state index < -0.39 is 5.82 Å². The molecule has 0 fully saturated rings. The lowest BCUT2D eigenvalue weighted by Crippen LogP contribution is -2.18. The fourth-order valence-corrected chi connectivity index (χ4v) is 1.76. The van der Waals surface area contributed by atoms with Crippen molar-refractivity contribution >= 4 is 11.6 Å². The van der Waals surface area contributed by atoms with Gasteiger partial charge >= 0.3 is 0 Å². The van der Waals surface area contributed by atoms with Gasteiger partial charge in [-0.3, -0.25) is 0 Å². The Balaban J connectivity index is 3.18. The number of phenols is 1. The van der Waals surface area contributed by atoms with Gasteiger partial charge in [0.05, 0.1) is 5.02 Å². The summed E-state index contributed by atoms with van der Waals surface area (Å²) in [5.41, 5.74) is 6.12. The molecule has 1 aromatic rings. The summed E-state index contributed by atoms with van der Waals surface area (Å²) in [4.78, 5) is 0. The topological polar surface area (TPSA) is 46.2 Å². The summed E-state index contributed by atoms with van der Waals surface area (Å²) >= 11 is 5.55.